The average Bonchev–Trinajstić information content (AvgIpc) is 2.77. The number of rotatable bonds is 8. The van der Waals surface area contributed by atoms with Crippen LogP contribution < -0.4 is 4.74 Å². The Labute approximate surface area is 192 Å². The molecule has 2 aliphatic heterocycles. The smallest absolute Gasteiger partial charge is 0.321 e. The van der Waals surface area contributed by atoms with E-state index in [4.69, 9.17) is 9.47 Å². The van der Waals surface area contributed by atoms with Crippen LogP contribution in [0.2, 0.25) is 0 Å². The summed E-state index contributed by atoms with van der Waals surface area (Å²) in [4.78, 5) is 29.7. The van der Waals surface area contributed by atoms with E-state index >= 15 is 0 Å². The molecule has 2 aliphatic carbocycles. The topological polar surface area (TPSA) is 55.8 Å². The summed E-state index contributed by atoms with van der Waals surface area (Å²) >= 11 is 0. The standard InChI is InChI=1S/C27H39NO4/c1-7-9-10-11-23(29)27(24(30)32-8-2)17-26(4)21-14-18-12-13-19(31-6)15-20(18)25(26,3)16-22(27)28(21)5/h12-13,15,21-22H,7-11,14,16-17H2,1-6H3/t21?,22?,25-,26+,27?/m0/s1. The second-order valence-electron chi connectivity index (χ2n) is 10.6. The third-order valence-electron chi connectivity index (χ3n) is 9.27. The van der Waals surface area contributed by atoms with Gasteiger partial charge in [0, 0.05) is 23.9 Å². The number of hydrogen-bond acceptors (Lipinski definition) is 5. The lowest BCUT2D eigenvalue weighted by Crippen LogP contribution is -2.78. The monoisotopic (exact) mass is 441 g/mol. The average molecular weight is 442 g/mol. The highest BCUT2D eigenvalue weighted by Crippen LogP contribution is 2.68. The number of benzene rings is 1. The maximum Gasteiger partial charge on any atom is 0.321 e. The first-order valence-electron chi connectivity index (χ1n) is 12.3. The zero-order valence-electron chi connectivity index (χ0n) is 20.6. The van der Waals surface area contributed by atoms with Crippen molar-refractivity contribution in [1.82, 2.24) is 4.90 Å². The Morgan fingerprint density at radius 1 is 1.16 bits per heavy atom. The van der Waals surface area contributed by atoms with Crippen LogP contribution in [0.25, 0.3) is 0 Å². The fourth-order valence-electron chi connectivity index (χ4n) is 7.32. The van der Waals surface area contributed by atoms with Crippen molar-refractivity contribution in [2.75, 3.05) is 20.8 Å². The van der Waals surface area contributed by atoms with E-state index in [1.54, 1.807) is 7.11 Å². The Morgan fingerprint density at radius 3 is 2.56 bits per heavy atom. The summed E-state index contributed by atoms with van der Waals surface area (Å²) in [5, 5.41) is 0. The summed E-state index contributed by atoms with van der Waals surface area (Å²) in [5.41, 5.74) is 1.27. The van der Waals surface area contributed by atoms with Gasteiger partial charge in [-0.2, -0.15) is 0 Å². The number of unbranched alkanes of at least 4 members (excludes halogenated alkanes) is 2. The summed E-state index contributed by atoms with van der Waals surface area (Å²) in [7, 11) is 3.83. The first-order valence-corrected chi connectivity index (χ1v) is 12.3. The van der Waals surface area contributed by atoms with Gasteiger partial charge in [-0.3, -0.25) is 14.5 Å². The number of piperidine rings is 2. The molecule has 3 fully saturated rings. The molecule has 1 saturated carbocycles. The fraction of sp³-hybridized carbons (Fsp3) is 0.704. The largest absolute Gasteiger partial charge is 0.497 e. The van der Waals surface area contributed by atoms with Gasteiger partial charge in [0.2, 0.25) is 0 Å². The Morgan fingerprint density at radius 2 is 1.91 bits per heavy atom. The molecule has 32 heavy (non-hydrogen) atoms. The normalized spacial score (nSPS) is 35.3. The molecule has 5 heteroatoms. The van der Waals surface area contributed by atoms with Crippen molar-refractivity contribution in [1.29, 1.82) is 0 Å². The second-order valence-corrected chi connectivity index (χ2v) is 10.6. The van der Waals surface area contributed by atoms with Crippen molar-refractivity contribution in [3.05, 3.63) is 29.3 Å². The number of hydrogen-bond donors (Lipinski definition) is 0. The number of carbonyl (C=O) groups excluding carboxylic acids is 2. The number of nitrogens with zero attached hydrogens (tertiary/aromatic N) is 1. The van der Waals surface area contributed by atoms with E-state index < -0.39 is 5.41 Å². The number of ether oxygens (including phenoxy) is 2. The van der Waals surface area contributed by atoms with Gasteiger partial charge in [0.15, 0.2) is 5.78 Å². The van der Waals surface area contributed by atoms with Gasteiger partial charge in [-0.05, 0) is 68.3 Å². The lowest BCUT2D eigenvalue weighted by atomic mass is 9.39. The lowest BCUT2D eigenvalue weighted by molar-refractivity contribution is -0.208. The molecular weight excluding hydrogens is 402 g/mol. The van der Waals surface area contributed by atoms with Gasteiger partial charge < -0.3 is 9.47 Å². The number of carbonyl (C=O) groups is 2. The van der Waals surface area contributed by atoms with Gasteiger partial charge >= 0.3 is 5.97 Å². The molecule has 1 aromatic carbocycles. The van der Waals surface area contributed by atoms with E-state index in [1.165, 1.54) is 11.1 Å². The van der Waals surface area contributed by atoms with E-state index in [1.807, 2.05) is 13.0 Å². The van der Waals surface area contributed by atoms with E-state index in [9.17, 15) is 9.59 Å². The molecule has 3 unspecified atom stereocenters. The van der Waals surface area contributed by atoms with Crippen LogP contribution in [0.5, 0.6) is 5.75 Å². The molecule has 0 radical (unpaired) electrons. The molecule has 4 aliphatic rings. The minimum Gasteiger partial charge on any atom is -0.497 e. The Balaban J connectivity index is 1.82. The molecule has 0 amide bonds. The van der Waals surface area contributed by atoms with E-state index in [-0.39, 0.29) is 34.7 Å². The maximum atomic E-state index is 13.8. The fourth-order valence-corrected chi connectivity index (χ4v) is 7.32. The predicted octanol–water partition coefficient (Wildman–Crippen LogP) is 4.69. The van der Waals surface area contributed by atoms with Gasteiger partial charge in [0.25, 0.3) is 0 Å². The first kappa shape index (κ1) is 23.3. The molecule has 4 bridgehead atoms. The van der Waals surface area contributed by atoms with Crippen molar-refractivity contribution >= 4 is 11.8 Å². The Hall–Kier alpha value is -1.88. The quantitative estimate of drug-likeness (QED) is 0.333. The number of fused-ring (bicyclic) bond motifs is 2. The van der Waals surface area contributed by atoms with Gasteiger partial charge in [-0.1, -0.05) is 39.7 Å². The van der Waals surface area contributed by atoms with Crippen LogP contribution in [0.4, 0.5) is 0 Å². The Bertz CT molecular complexity index is 913. The van der Waals surface area contributed by atoms with Crippen LogP contribution in [-0.4, -0.2) is 49.5 Å². The second kappa shape index (κ2) is 8.16. The maximum absolute atomic E-state index is 13.8. The summed E-state index contributed by atoms with van der Waals surface area (Å²) in [6.45, 7) is 8.92. The van der Waals surface area contributed by atoms with Crippen molar-refractivity contribution in [3.8, 4) is 5.75 Å². The highest BCUT2D eigenvalue weighted by Gasteiger charge is 2.73. The van der Waals surface area contributed by atoms with Gasteiger partial charge in [-0.15, -0.1) is 0 Å². The zero-order valence-corrected chi connectivity index (χ0v) is 20.6. The SMILES string of the molecule is CCCCCC(=O)C1(C(=O)OCC)C[C@]2(C)C3Cc4ccc(OC)cc4[C@]2(C)CC1N3C. The third-order valence-corrected chi connectivity index (χ3v) is 9.27. The molecule has 5 rings (SSSR count). The molecule has 5 atom stereocenters. The zero-order chi connectivity index (χ0) is 23.3. The van der Waals surface area contributed by atoms with Crippen LogP contribution in [0, 0.1) is 10.8 Å². The van der Waals surface area contributed by atoms with Crippen molar-refractivity contribution in [2.45, 2.75) is 90.1 Å². The molecular formula is C27H39NO4. The van der Waals surface area contributed by atoms with Crippen LogP contribution in [-0.2, 0) is 26.2 Å². The van der Waals surface area contributed by atoms with E-state index in [0.29, 0.717) is 19.4 Å². The molecule has 0 spiro atoms. The van der Waals surface area contributed by atoms with E-state index in [2.05, 4.69) is 44.9 Å². The predicted molar refractivity (Wildman–Crippen MR) is 125 cm³/mol. The number of ketones is 1. The molecule has 176 valence electrons. The Kier molecular flexibility index (Phi) is 5.94. The molecule has 5 nitrogen and oxygen atoms in total. The minimum atomic E-state index is -1.07. The highest BCUT2D eigenvalue weighted by atomic mass is 16.5. The number of likely N-dealkylation sites (N-methyl/N-ethyl adjacent to an activating group) is 1. The van der Waals surface area contributed by atoms with Crippen LogP contribution in [0.3, 0.4) is 0 Å². The van der Waals surface area contributed by atoms with Gasteiger partial charge in [-0.25, -0.2) is 0 Å². The summed E-state index contributed by atoms with van der Waals surface area (Å²) in [5.74, 6) is 0.644. The van der Waals surface area contributed by atoms with Crippen LogP contribution >= 0.6 is 0 Å². The van der Waals surface area contributed by atoms with Gasteiger partial charge in [0.05, 0.1) is 13.7 Å². The molecule has 1 aromatic rings. The molecule has 0 aromatic heterocycles. The minimum absolute atomic E-state index is 0.0828. The van der Waals surface area contributed by atoms with Crippen molar-refractivity contribution < 1.29 is 19.1 Å². The lowest BCUT2D eigenvalue weighted by Gasteiger charge is -2.71. The number of esters is 1. The number of Topliss-reactive ketones (excluding diaryl/α,β-unsaturated/α-hetero) is 1. The molecule has 2 saturated heterocycles. The third kappa shape index (κ3) is 2.99. The van der Waals surface area contributed by atoms with Crippen molar-refractivity contribution in [3.63, 3.8) is 0 Å². The van der Waals surface area contributed by atoms with Crippen LogP contribution in [0.1, 0.15) is 77.3 Å². The summed E-state index contributed by atoms with van der Waals surface area (Å²) in [6.07, 6.45) is 5.63. The van der Waals surface area contributed by atoms with Crippen LogP contribution in [0.15, 0.2) is 18.2 Å². The number of methoxy groups -OCH3 is 1. The van der Waals surface area contributed by atoms with Crippen molar-refractivity contribution in [2.24, 2.45) is 10.8 Å². The molecule has 0 N–H and O–H groups in total. The summed E-state index contributed by atoms with van der Waals surface area (Å²) in [6, 6.07) is 6.57. The highest BCUT2D eigenvalue weighted by molar-refractivity contribution is 6.05. The first-order chi connectivity index (χ1) is 15.2. The summed E-state index contributed by atoms with van der Waals surface area (Å²) < 4.78 is 11.2. The molecule has 2 heterocycles. The van der Waals surface area contributed by atoms with Gasteiger partial charge in [0.1, 0.15) is 11.2 Å². The van der Waals surface area contributed by atoms with E-state index in [0.717, 1.165) is 37.9 Å².